The summed E-state index contributed by atoms with van der Waals surface area (Å²) in [7, 11) is 1.65. The van der Waals surface area contributed by atoms with Gasteiger partial charge in [-0.1, -0.05) is 0 Å². The predicted octanol–water partition coefficient (Wildman–Crippen LogP) is -0.334. The highest BCUT2D eigenvalue weighted by Crippen LogP contribution is 2.16. The van der Waals surface area contributed by atoms with Crippen LogP contribution >= 0.6 is 0 Å². The molecule has 2 aromatic heterocycles. The maximum absolute atomic E-state index is 10.8. The molecule has 0 fully saturated rings. The Labute approximate surface area is 99.6 Å². The first-order valence-electron chi connectivity index (χ1n) is 4.77. The number of aryl methyl sites for hydroxylation is 1. The third-order valence-electron chi connectivity index (χ3n) is 2.25. The van der Waals surface area contributed by atoms with E-state index in [0.29, 0.717) is 5.82 Å². The molecule has 0 spiro atoms. The average Bonchev–Trinajstić information content (AvgIpc) is 2.87. The summed E-state index contributed by atoms with van der Waals surface area (Å²) in [5.74, 6) is -0.942. The van der Waals surface area contributed by atoms with E-state index in [-0.39, 0.29) is 6.54 Å². The fourth-order valence-corrected chi connectivity index (χ4v) is 1.39. The summed E-state index contributed by atoms with van der Waals surface area (Å²) in [6, 6.07) is 0. The lowest BCUT2D eigenvalue weighted by molar-refractivity contribution is -0.385. The van der Waals surface area contributed by atoms with Crippen LogP contribution in [0.2, 0.25) is 0 Å². The molecule has 0 saturated carbocycles. The number of carboxylic acids is 1. The van der Waals surface area contributed by atoms with Gasteiger partial charge in [-0.05, 0) is 0 Å². The highest BCUT2D eigenvalue weighted by Gasteiger charge is 2.25. The van der Waals surface area contributed by atoms with Gasteiger partial charge in [0.1, 0.15) is 24.9 Å². The van der Waals surface area contributed by atoms with E-state index in [0.717, 1.165) is 10.9 Å². The van der Waals surface area contributed by atoms with Crippen molar-refractivity contribution in [1.82, 2.24) is 24.5 Å². The first-order chi connectivity index (χ1) is 8.49. The van der Waals surface area contributed by atoms with Crippen LogP contribution in [0.15, 0.2) is 12.5 Å². The van der Waals surface area contributed by atoms with Crippen LogP contribution in [0.1, 0.15) is 16.3 Å². The molecule has 10 nitrogen and oxygen atoms in total. The lowest BCUT2D eigenvalue weighted by atomic mass is 10.4. The van der Waals surface area contributed by atoms with Gasteiger partial charge in [-0.25, -0.2) is 9.78 Å². The minimum atomic E-state index is -1.45. The van der Waals surface area contributed by atoms with E-state index in [1.54, 1.807) is 7.05 Å². The smallest absolute Gasteiger partial charge is 0.363 e. The minimum Gasteiger partial charge on any atom is -0.476 e. The minimum absolute atomic E-state index is 0.102. The van der Waals surface area contributed by atoms with Crippen LogP contribution in [0.5, 0.6) is 0 Å². The number of carboxylic acid groups (broad SMARTS) is 1. The van der Waals surface area contributed by atoms with E-state index in [9.17, 15) is 14.9 Å². The molecule has 10 heteroatoms. The molecule has 0 aliphatic carbocycles. The Hall–Kier alpha value is -2.78. The van der Waals surface area contributed by atoms with Crippen molar-refractivity contribution in [2.75, 3.05) is 0 Å². The van der Waals surface area contributed by atoms with Crippen molar-refractivity contribution in [2.45, 2.75) is 6.54 Å². The summed E-state index contributed by atoms with van der Waals surface area (Å²) in [6.07, 6.45) is 2.38. The molecule has 0 atom stereocenters. The van der Waals surface area contributed by atoms with Crippen LogP contribution in [0.25, 0.3) is 0 Å². The fourth-order valence-electron chi connectivity index (χ4n) is 1.39. The normalized spacial score (nSPS) is 10.5. The molecular formula is C8H8N6O4. The summed E-state index contributed by atoms with van der Waals surface area (Å²) in [6.45, 7) is 0.102. The third-order valence-corrected chi connectivity index (χ3v) is 2.25. The Kier molecular flexibility index (Phi) is 2.75. The number of carbonyl (C=O) groups is 1. The van der Waals surface area contributed by atoms with Gasteiger partial charge in [0.05, 0.1) is 4.92 Å². The van der Waals surface area contributed by atoms with Crippen molar-refractivity contribution in [3.05, 3.63) is 34.2 Å². The Morgan fingerprint density at radius 1 is 1.61 bits per heavy atom. The molecule has 2 aromatic rings. The van der Waals surface area contributed by atoms with Crippen LogP contribution < -0.4 is 0 Å². The molecular weight excluding hydrogens is 244 g/mol. The molecule has 94 valence electrons. The van der Waals surface area contributed by atoms with E-state index < -0.39 is 22.3 Å². The summed E-state index contributed by atoms with van der Waals surface area (Å²) >= 11 is 0. The second-order valence-corrected chi connectivity index (χ2v) is 3.42. The number of hydrogen-bond donors (Lipinski definition) is 1. The zero-order chi connectivity index (χ0) is 13.3. The van der Waals surface area contributed by atoms with Crippen LogP contribution in [0.4, 0.5) is 5.69 Å². The maximum atomic E-state index is 10.8. The van der Waals surface area contributed by atoms with Crippen molar-refractivity contribution in [3.8, 4) is 0 Å². The lowest BCUT2D eigenvalue weighted by Gasteiger charge is -1.99. The number of aromatic carboxylic acids is 1. The van der Waals surface area contributed by atoms with Crippen molar-refractivity contribution in [1.29, 1.82) is 0 Å². The monoisotopic (exact) mass is 252 g/mol. The Morgan fingerprint density at radius 3 is 2.78 bits per heavy atom. The molecule has 0 unspecified atom stereocenters. The summed E-state index contributed by atoms with van der Waals surface area (Å²) in [5, 5.41) is 26.9. The second kappa shape index (κ2) is 4.24. The van der Waals surface area contributed by atoms with Crippen LogP contribution in [0, 0.1) is 10.1 Å². The number of nitro groups is 1. The largest absolute Gasteiger partial charge is 0.476 e. The molecule has 0 radical (unpaired) electrons. The van der Waals surface area contributed by atoms with Crippen LogP contribution in [-0.2, 0) is 13.6 Å². The molecule has 2 rings (SSSR count). The molecule has 0 bridgehead atoms. The molecule has 1 N–H and O–H groups in total. The van der Waals surface area contributed by atoms with E-state index in [1.165, 1.54) is 11.0 Å². The van der Waals surface area contributed by atoms with Gasteiger partial charge in [0, 0.05) is 7.05 Å². The highest BCUT2D eigenvalue weighted by atomic mass is 16.6. The topological polar surface area (TPSA) is 129 Å². The zero-order valence-corrected chi connectivity index (χ0v) is 9.22. The van der Waals surface area contributed by atoms with E-state index in [1.807, 2.05) is 0 Å². The van der Waals surface area contributed by atoms with Gasteiger partial charge < -0.3 is 5.11 Å². The number of aromatic nitrogens is 5. The predicted molar refractivity (Wildman–Crippen MR) is 55.9 cm³/mol. The Bertz CT molecular complexity index is 583. The van der Waals surface area contributed by atoms with Gasteiger partial charge in [0.2, 0.25) is 5.69 Å². The molecule has 0 aromatic carbocycles. The van der Waals surface area contributed by atoms with Crippen molar-refractivity contribution in [2.24, 2.45) is 7.05 Å². The second-order valence-electron chi connectivity index (χ2n) is 3.42. The summed E-state index contributed by atoms with van der Waals surface area (Å²) in [5.41, 5.74) is -1.15. The highest BCUT2D eigenvalue weighted by molar-refractivity contribution is 5.89. The van der Waals surface area contributed by atoms with Crippen LogP contribution in [-0.4, -0.2) is 40.5 Å². The SMILES string of the molecule is Cn1ncnc1Cn1cc([N+](=O)[O-])c(C(=O)O)n1. The standard InChI is InChI=1S/C8H8N6O4/c1-12-6(9-4-10-12)3-13-2-5(14(17)18)7(11-13)8(15)16/h2,4H,3H2,1H3,(H,15,16). The Morgan fingerprint density at radius 2 is 2.33 bits per heavy atom. The van der Waals surface area contributed by atoms with E-state index >= 15 is 0 Å². The summed E-state index contributed by atoms with van der Waals surface area (Å²) < 4.78 is 2.61. The van der Waals surface area contributed by atoms with Gasteiger partial charge in [-0.15, -0.1) is 0 Å². The quantitative estimate of drug-likeness (QED) is 0.582. The van der Waals surface area contributed by atoms with Crippen LogP contribution in [0.3, 0.4) is 0 Å². The average molecular weight is 252 g/mol. The van der Waals surface area contributed by atoms with Crippen molar-refractivity contribution >= 4 is 11.7 Å². The van der Waals surface area contributed by atoms with Gasteiger partial charge in [-0.2, -0.15) is 10.2 Å². The number of rotatable bonds is 4. The first-order valence-corrected chi connectivity index (χ1v) is 4.77. The Balaban J connectivity index is 2.36. The molecule has 0 amide bonds. The first kappa shape index (κ1) is 11.7. The molecule has 0 aliphatic rings. The molecule has 0 saturated heterocycles. The van der Waals surface area contributed by atoms with Crippen molar-refractivity contribution in [3.63, 3.8) is 0 Å². The molecule has 2 heterocycles. The third kappa shape index (κ3) is 2.03. The van der Waals surface area contributed by atoms with Gasteiger partial charge in [-0.3, -0.25) is 19.5 Å². The number of hydrogen-bond acceptors (Lipinski definition) is 6. The molecule has 0 aliphatic heterocycles. The lowest BCUT2D eigenvalue weighted by Crippen LogP contribution is -2.08. The van der Waals surface area contributed by atoms with Gasteiger partial charge >= 0.3 is 11.7 Å². The van der Waals surface area contributed by atoms with E-state index in [2.05, 4.69) is 15.2 Å². The maximum Gasteiger partial charge on any atom is 0.363 e. The van der Waals surface area contributed by atoms with Crippen molar-refractivity contribution < 1.29 is 14.8 Å². The fraction of sp³-hybridized carbons (Fsp3) is 0.250. The van der Waals surface area contributed by atoms with E-state index in [4.69, 9.17) is 5.11 Å². The van der Waals surface area contributed by atoms with Gasteiger partial charge in [0.25, 0.3) is 0 Å². The molecule has 18 heavy (non-hydrogen) atoms. The van der Waals surface area contributed by atoms with Gasteiger partial charge in [0.15, 0.2) is 0 Å². The summed E-state index contributed by atoms with van der Waals surface area (Å²) in [4.78, 5) is 24.6. The number of nitrogens with zero attached hydrogens (tertiary/aromatic N) is 6. The zero-order valence-electron chi connectivity index (χ0n) is 9.22.